The molecule has 0 N–H and O–H groups in total. The van der Waals surface area contributed by atoms with E-state index in [-0.39, 0.29) is 19.8 Å². The van der Waals surface area contributed by atoms with Crippen molar-refractivity contribution in [2.24, 2.45) is 5.92 Å². The Morgan fingerprint density at radius 2 is 2.23 bits per heavy atom. The molecule has 0 saturated carbocycles. The molecule has 0 radical (unpaired) electrons. The van der Waals surface area contributed by atoms with E-state index in [1.54, 1.807) is 0 Å². The number of esters is 1. The Labute approximate surface area is 126 Å². The molecule has 1 aliphatic heterocycles. The molecular weight excluding hydrogens is 303 g/mol. The number of ether oxygens (including phenoxy) is 2. The molecule has 2 rings (SSSR count). The highest BCUT2D eigenvalue weighted by atomic mass is 19.4. The first-order valence-electron chi connectivity index (χ1n) is 7.20. The summed E-state index contributed by atoms with van der Waals surface area (Å²) in [6.07, 6.45) is -3.01. The summed E-state index contributed by atoms with van der Waals surface area (Å²) in [5.74, 6) is -1.69. The first-order chi connectivity index (χ1) is 10.3. The van der Waals surface area contributed by atoms with Gasteiger partial charge in [0, 0.05) is 5.57 Å². The maximum atomic E-state index is 12.8. The number of amides is 1. The van der Waals surface area contributed by atoms with Gasteiger partial charge in [-0.05, 0) is 19.3 Å². The molecule has 8 heteroatoms. The highest BCUT2D eigenvalue weighted by Gasteiger charge is 2.47. The zero-order chi connectivity index (χ0) is 16.3. The van der Waals surface area contributed by atoms with Crippen LogP contribution in [0.1, 0.15) is 32.6 Å². The number of unbranched alkanes of at least 4 members (excludes halogenated alkanes) is 1. The minimum absolute atomic E-state index is 0.0303. The number of alkyl halides is 3. The van der Waals surface area contributed by atoms with E-state index in [4.69, 9.17) is 9.47 Å². The summed E-state index contributed by atoms with van der Waals surface area (Å²) in [6, 6.07) is -0.638. The number of rotatable bonds is 3. The lowest BCUT2D eigenvalue weighted by Crippen LogP contribution is -2.54. The van der Waals surface area contributed by atoms with Crippen LogP contribution in [0.5, 0.6) is 0 Å². The van der Waals surface area contributed by atoms with Gasteiger partial charge in [-0.15, -0.1) is 0 Å². The van der Waals surface area contributed by atoms with Gasteiger partial charge in [0.15, 0.2) is 6.73 Å². The quantitative estimate of drug-likeness (QED) is 0.455. The van der Waals surface area contributed by atoms with Gasteiger partial charge in [0.2, 0.25) is 0 Å². The topological polar surface area (TPSA) is 55.8 Å². The molecule has 2 aliphatic rings. The van der Waals surface area contributed by atoms with Crippen molar-refractivity contribution in [1.29, 1.82) is 0 Å². The standard InChI is InChI=1S/C14H18F3NO4/c1-2-3-6-21-13(20)18-8-22-12(19)10-7-9(14(15,16)17)4-5-11(10)18/h4,10-11H,2-3,5-8H2,1H3. The van der Waals surface area contributed by atoms with Crippen LogP contribution in [0.25, 0.3) is 0 Å². The molecule has 124 valence electrons. The number of halogens is 3. The molecule has 0 aromatic rings. The Morgan fingerprint density at radius 3 is 2.86 bits per heavy atom. The SMILES string of the molecule is CCCCOC(=O)N1COC(=O)C2CC(C(F)(F)F)=CCC21. The zero-order valence-electron chi connectivity index (χ0n) is 12.2. The van der Waals surface area contributed by atoms with Crippen LogP contribution in [0, 0.1) is 5.92 Å². The van der Waals surface area contributed by atoms with Gasteiger partial charge in [0.25, 0.3) is 0 Å². The van der Waals surface area contributed by atoms with Crippen molar-refractivity contribution in [3.8, 4) is 0 Å². The molecule has 0 aromatic carbocycles. The predicted molar refractivity (Wildman–Crippen MR) is 69.7 cm³/mol. The second kappa shape index (κ2) is 6.58. The van der Waals surface area contributed by atoms with Crippen molar-refractivity contribution in [3.05, 3.63) is 11.6 Å². The fourth-order valence-corrected chi connectivity index (χ4v) is 2.61. The molecule has 2 unspecified atom stereocenters. The molecular formula is C14H18F3NO4. The smallest absolute Gasteiger partial charge is 0.412 e. The Bertz CT molecular complexity index is 475. The number of carbonyl (C=O) groups is 2. The minimum atomic E-state index is -4.46. The second-order valence-corrected chi connectivity index (χ2v) is 5.37. The summed E-state index contributed by atoms with van der Waals surface area (Å²) in [7, 11) is 0. The number of allylic oxidation sites excluding steroid dienone is 1. The summed E-state index contributed by atoms with van der Waals surface area (Å²) in [6.45, 7) is 1.90. The lowest BCUT2D eigenvalue weighted by atomic mass is 9.83. The van der Waals surface area contributed by atoms with E-state index in [1.807, 2.05) is 6.92 Å². The fourth-order valence-electron chi connectivity index (χ4n) is 2.61. The van der Waals surface area contributed by atoms with Crippen LogP contribution in [0.15, 0.2) is 11.6 Å². The van der Waals surface area contributed by atoms with E-state index in [1.165, 1.54) is 4.90 Å². The van der Waals surface area contributed by atoms with Gasteiger partial charge in [0.1, 0.15) is 0 Å². The van der Waals surface area contributed by atoms with Crippen LogP contribution in [0.4, 0.5) is 18.0 Å². The number of hydrogen-bond acceptors (Lipinski definition) is 4. The van der Waals surface area contributed by atoms with Gasteiger partial charge < -0.3 is 9.47 Å². The molecule has 1 heterocycles. The van der Waals surface area contributed by atoms with Crippen LogP contribution in [-0.2, 0) is 14.3 Å². The van der Waals surface area contributed by atoms with Gasteiger partial charge in [0.05, 0.1) is 18.6 Å². The molecule has 2 atom stereocenters. The Balaban J connectivity index is 2.09. The minimum Gasteiger partial charge on any atom is -0.449 e. The van der Waals surface area contributed by atoms with Crippen LogP contribution in [0.3, 0.4) is 0 Å². The summed E-state index contributed by atoms with van der Waals surface area (Å²) in [5.41, 5.74) is -0.744. The van der Waals surface area contributed by atoms with Crippen molar-refractivity contribution < 1.29 is 32.2 Å². The number of fused-ring (bicyclic) bond motifs is 1. The lowest BCUT2D eigenvalue weighted by molar-refractivity contribution is -0.168. The first-order valence-corrected chi connectivity index (χ1v) is 7.20. The second-order valence-electron chi connectivity index (χ2n) is 5.37. The van der Waals surface area contributed by atoms with Gasteiger partial charge in [-0.2, -0.15) is 13.2 Å². The summed E-state index contributed by atoms with van der Waals surface area (Å²) >= 11 is 0. The monoisotopic (exact) mass is 321 g/mol. The lowest BCUT2D eigenvalue weighted by Gasteiger charge is -2.41. The molecule has 1 saturated heterocycles. The number of carbonyl (C=O) groups excluding carboxylic acids is 2. The molecule has 0 spiro atoms. The van der Waals surface area contributed by atoms with Crippen LogP contribution < -0.4 is 0 Å². The summed E-state index contributed by atoms with van der Waals surface area (Å²) in [5, 5.41) is 0. The number of nitrogens with zero attached hydrogens (tertiary/aromatic N) is 1. The largest absolute Gasteiger partial charge is 0.449 e. The first kappa shape index (κ1) is 16.6. The van der Waals surface area contributed by atoms with Crippen molar-refractivity contribution in [3.63, 3.8) is 0 Å². The Kier molecular flexibility index (Phi) is 4.97. The maximum Gasteiger partial charge on any atom is 0.412 e. The van der Waals surface area contributed by atoms with E-state index >= 15 is 0 Å². The number of hydrogen-bond donors (Lipinski definition) is 0. The molecule has 22 heavy (non-hydrogen) atoms. The molecule has 5 nitrogen and oxygen atoms in total. The van der Waals surface area contributed by atoms with E-state index in [2.05, 4.69) is 0 Å². The van der Waals surface area contributed by atoms with Crippen molar-refractivity contribution >= 4 is 12.1 Å². The van der Waals surface area contributed by atoms with Crippen LogP contribution in [-0.4, -0.2) is 42.5 Å². The highest BCUT2D eigenvalue weighted by molar-refractivity contribution is 5.78. The van der Waals surface area contributed by atoms with Gasteiger partial charge in [-0.3, -0.25) is 9.69 Å². The predicted octanol–water partition coefficient (Wildman–Crippen LogP) is 3.01. The summed E-state index contributed by atoms with van der Waals surface area (Å²) < 4.78 is 48.2. The summed E-state index contributed by atoms with van der Waals surface area (Å²) in [4.78, 5) is 24.9. The normalized spacial score (nSPS) is 25.2. The van der Waals surface area contributed by atoms with Crippen molar-refractivity contribution in [1.82, 2.24) is 4.90 Å². The van der Waals surface area contributed by atoms with Crippen molar-refractivity contribution in [2.75, 3.05) is 13.3 Å². The zero-order valence-corrected chi connectivity index (χ0v) is 12.2. The van der Waals surface area contributed by atoms with Gasteiger partial charge >= 0.3 is 18.2 Å². The Morgan fingerprint density at radius 1 is 1.50 bits per heavy atom. The molecule has 1 amide bonds. The Hall–Kier alpha value is -1.73. The third kappa shape index (κ3) is 3.53. The van der Waals surface area contributed by atoms with E-state index in [9.17, 15) is 22.8 Å². The third-order valence-electron chi connectivity index (χ3n) is 3.88. The maximum absolute atomic E-state index is 12.8. The average Bonchev–Trinajstić information content (AvgIpc) is 2.46. The van der Waals surface area contributed by atoms with Crippen LogP contribution in [0.2, 0.25) is 0 Å². The van der Waals surface area contributed by atoms with Crippen LogP contribution >= 0.6 is 0 Å². The van der Waals surface area contributed by atoms with E-state index in [0.717, 1.165) is 12.5 Å². The molecule has 1 fully saturated rings. The molecule has 0 bridgehead atoms. The molecule has 0 aromatic heterocycles. The van der Waals surface area contributed by atoms with E-state index < -0.39 is 42.2 Å². The van der Waals surface area contributed by atoms with Crippen molar-refractivity contribution in [2.45, 2.75) is 44.8 Å². The van der Waals surface area contributed by atoms with Gasteiger partial charge in [-0.1, -0.05) is 19.4 Å². The highest BCUT2D eigenvalue weighted by Crippen LogP contribution is 2.39. The van der Waals surface area contributed by atoms with Gasteiger partial charge in [-0.25, -0.2) is 4.79 Å². The average molecular weight is 321 g/mol. The number of cyclic esters (lactones) is 1. The van der Waals surface area contributed by atoms with E-state index in [0.29, 0.717) is 6.42 Å². The third-order valence-corrected chi connectivity index (χ3v) is 3.88. The fraction of sp³-hybridized carbons (Fsp3) is 0.714. The molecule has 1 aliphatic carbocycles.